The number of aryl methyl sites for hydroxylation is 1. The third kappa shape index (κ3) is 2.75. The molecule has 0 aliphatic heterocycles. The van der Waals surface area contributed by atoms with Crippen molar-refractivity contribution in [2.45, 2.75) is 6.92 Å². The number of benzene rings is 2. The molecule has 0 spiro atoms. The first-order valence-corrected chi connectivity index (χ1v) is 9.26. The van der Waals surface area contributed by atoms with Crippen molar-refractivity contribution in [3.05, 3.63) is 51.4 Å². The molecule has 0 saturated heterocycles. The predicted molar refractivity (Wildman–Crippen MR) is 99.6 cm³/mol. The van der Waals surface area contributed by atoms with Crippen LogP contribution in [0.15, 0.2) is 40.9 Å². The molecular weight excluding hydrogens is 394 g/mol. The van der Waals surface area contributed by atoms with Gasteiger partial charge in [0, 0.05) is 10.0 Å². The molecule has 7 heteroatoms. The lowest BCUT2D eigenvalue weighted by atomic mass is 10.2. The normalized spacial score (nSPS) is 11.2. The van der Waals surface area contributed by atoms with Crippen LogP contribution in [0.5, 0.6) is 0 Å². The van der Waals surface area contributed by atoms with E-state index in [1.165, 1.54) is 11.3 Å². The van der Waals surface area contributed by atoms with E-state index >= 15 is 0 Å². The zero-order valence-corrected chi connectivity index (χ0v) is 15.2. The largest absolute Gasteiger partial charge is 0.298 e. The van der Waals surface area contributed by atoms with E-state index in [0.717, 1.165) is 29.9 Å². The van der Waals surface area contributed by atoms with Crippen LogP contribution in [0.3, 0.4) is 0 Å². The number of hydrogen-bond donors (Lipinski definition) is 1. The van der Waals surface area contributed by atoms with Gasteiger partial charge in [-0.05, 0) is 43.3 Å². The smallest absolute Gasteiger partial charge is 0.257 e. The number of nitrogens with zero attached hydrogens (tertiary/aromatic N) is 2. The topological polar surface area (TPSA) is 54.9 Å². The van der Waals surface area contributed by atoms with Crippen molar-refractivity contribution in [2.75, 3.05) is 5.32 Å². The molecule has 0 bridgehead atoms. The van der Waals surface area contributed by atoms with Crippen LogP contribution < -0.4 is 5.32 Å². The number of fused-ring (bicyclic) bond motifs is 3. The maximum absolute atomic E-state index is 12.3. The number of aromatic nitrogens is 2. The van der Waals surface area contributed by atoms with E-state index in [0.29, 0.717) is 10.7 Å². The van der Waals surface area contributed by atoms with Crippen molar-refractivity contribution in [3.8, 4) is 0 Å². The number of carbonyl (C=O) groups is 1. The molecule has 2 heterocycles. The molecule has 0 atom stereocenters. The van der Waals surface area contributed by atoms with Crippen LogP contribution in [-0.4, -0.2) is 15.9 Å². The summed E-state index contributed by atoms with van der Waals surface area (Å²) in [5.41, 5.74) is 2.42. The van der Waals surface area contributed by atoms with E-state index in [1.807, 2.05) is 31.2 Å². The van der Waals surface area contributed by atoms with Gasteiger partial charge in [-0.1, -0.05) is 27.3 Å². The lowest BCUT2D eigenvalue weighted by Gasteiger charge is -2.01. The fourth-order valence-electron chi connectivity index (χ4n) is 2.31. The van der Waals surface area contributed by atoms with Gasteiger partial charge in [-0.15, -0.1) is 11.3 Å². The minimum absolute atomic E-state index is 0.165. The maximum atomic E-state index is 12.3. The molecule has 2 aromatic heterocycles. The summed E-state index contributed by atoms with van der Waals surface area (Å²) in [6.07, 6.45) is 0. The molecule has 4 aromatic rings. The van der Waals surface area contributed by atoms with Gasteiger partial charge < -0.3 is 0 Å². The van der Waals surface area contributed by atoms with Gasteiger partial charge in [0.2, 0.25) is 0 Å². The monoisotopic (exact) mass is 403 g/mol. The zero-order valence-electron chi connectivity index (χ0n) is 12.0. The summed E-state index contributed by atoms with van der Waals surface area (Å²) < 4.78 is 3.10. The quantitative estimate of drug-likeness (QED) is 0.498. The fraction of sp³-hybridized carbons (Fsp3) is 0.0625. The average Bonchev–Trinajstić information content (AvgIpc) is 3.09. The van der Waals surface area contributed by atoms with Crippen molar-refractivity contribution in [2.24, 2.45) is 0 Å². The minimum Gasteiger partial charge on any atom is -0.298 e. The Kier molecular flexibility index (Phi) is 3.63. The molecule has 4 nitrogen and oxygen atoms in total. The number of thiazole rings is 2. The first kappa shape index (κ1) is 14.7. The third-order valence-corrected chi connectivity index (χ3v) is 5.81. The summed E-state index contributed by atoms with van der Waals surface area (Å²) in [4.78, 5) is 21.4. The summed E-state index contributed by atoms with van der Waals surface area (Å²) in [5.74, 6) is -0.165. The number of nitrogens with one attached hydrogen (secondary N) is 1. The first-order chi connectivity index (χ1) is 11.1. The van der Waals surface area contributed by atoms with Crippen LogP contribution in [0, 0.1) is 6.92 Å². The summed E-state index contributed by atoms with van der Waals surface area (Å²) in [5, 5.41) is 4.49. The molecule has 4 rings (SSSR count). The van der Waals surface area contributed by atoms with Crippen LogP contribution in [-0.2, 0) is 0 Å². The molecule has 0 aliphatic carbocycles. The van der Waals surface area contributed by atoms with E-state index in [4.69, 9.17) is 0 Å². The molecule has 1 N–H and O–H groups in total. The number of hydrogen-bond acceptors (Lipinski definition) is 5. The fourth-order valence-corrected chi connectivity index (χ4v) is 4.43. The highest BCUT2D eigenvalue weighted by Gasteiger charge is 2.13. The second-order valence-corrected chi connectivity index (χ2v) is 8.12. The van der Waals surface area contributed by atoms with Crippen LogP contribution in [0.25, 0.3) is 20.4 Å². The summed E-state index contributed by atoms with van der Waals surface area (Å²) >= 11 is 6.48. The zero-order chi connectivity index (χ0) is 16.0. The Balaban J connectivity index is 1.70. The van der Waals surface area contributed by atoms with Crippen molar-refractivity contribution in [3.63, 3.8) is 0 Å². The Hall–Kier alpha value is -1.83. The molecule has 23 heavy (non-hydrogen) atoms. The van der Waals surface area contributed by atoms with Crippen LogP contribution in [0.4, 0.5) is 5.13 Å². The highest BCUT2D eigenvalue weighted by Crippen LogP contribution is 2.34. The standard InChI is InChI=1S/C16H10BrN3OS2/c1-8-18-13-12(22-8)7-6-11-14(13)23-16(19-11)20-15(21)9-2-4-10(17)5-3-9/h2-7H,1H3,(H,19,20,21). The highest BCUT2D eigenvalue weighted by molar-refractivity contribution is 9.10. The average molecular weight is 404 g/mol. The summed E-state index contributed by atoms with van der Waals surface area (Å²) in [6, 6.07) is 11.2. The van der Waals surface area contributed by atoms with Gasteiger partial charge in [0.1, 0.15) is 5.52 Å². The number of carbonyl (C=O) groups excluding carboxylic acids is 1. The van der Waals surface area contributed by atoms with Gasteiger partial charge in [-0.3, -0.25) is 10.1 Å². The molecule has 0 saturated carbocycles. The number of halogens is 1. The van der Waals surface area contributed by atoms with Gasteiger partial charge in [0.05, 0.1) is 19.9 Å². The third-order valence-electron chi connectivity index (χ3n) is 3.35. The molecule has 0 aliphatic rings. The molecule has 1 amide bonds. The molecule has 114 valence electrons. The van der Waals surface area contributed by atoms with Crippen LogP contribution >= 0.6 is 38.6 Å². The van der Waals surface area contributed by atoms with E-state index in [2.05, 4.69) is 31.2 Å². The number of amides is 1. The Morgan fingerprint density at radius 1 is 1.09 bits per heavy atom. The van der Waals surface area contributed by atoms with Crippen molar-refractivity contribution in [1.29, 1.82) is 0 Å². The molecule has 0 fully saturated rings. The Morgan fingerprint density at radius 2 is 1.87 bits per heavy atom. The predicted octanol–water partition coefficient (Wildman–Crippen LogP) is 5.23. The van der Waals surface area contributed by atoms with E-state index < -0.39 is 0 Å². The van der Waals surface area contributed by atoms with Gasteiger partial charge in [-0.2, -0.15) is 0 Å². The van der Waals surface area contributed by atoms with Crippen LogP contribution in [0.2, 0.25) is 0 Å². The van der Waals surface area contributed by atoms with Crippen molar-refractivity contribution in [1.82, 2.24) is 9.97 Å². The van der Waals surface area contributed by atoms with Crippen molar-refractivity contribution < 1.29 is 4.79 Å². The van der Waals surface area contributed by atoms with Gasteiger partial charge >= 0.3 is 0 Å². The lowest BCUT2D eigenvalue weighted by Crippen LogP contribution is -2.11. The van der Waals surface area contributed by atoms with Gasteiger partial charge in [0.15, 0.2) is 5.13 Å². The highest BCUT2D eigenvalue weighted by atomic mass is 79.9. The molecule has 0 unspecified atom stereocenters. The maximum Gasteiger partial charge on any atom is 0.257 e. The molecular formula is C16H10BrN3OS2. The van der Waals surface area contributed by atoms with Gasteiger partial charge in [0.25, 0.3) is 5.91 Å². The SMILES string of the molecule is Cc1nc2c(ccc3nc(NC(=O)c4ccc(Br)cc4)sc32)s1. The Morgan fingerprint density at radius 3 is 2.65 bits per heavy atom. The second-order valence-electron chi connectivity index (χ2n) is 4.97. The van der Waals surface area contributed by atoms with Gasteiger partial charge in [-0.25, -0.2) is 9.97 Å². The van der Waals surface area contributed by atoms with E-state index in [1.54, 1.807) is 23.5 Å². The Labute approximate surface area is 148 Å². The van der Waals surface area contributed by atoms with E-state index in [-0.39, 0.29) is 5.91 Å². The Bertz CT molecular complexity index is 1040. The number of rotatable bonds is 2. The lowest BCUT2D eigenvalue weighted by molar-refractivity contribution is 0.102. The summed E-state index contributed by atoms with van der Waals surface area (Å²) in [6.45, 7) is 1.99. The minimum atomic E-state index is -0.165. The van der Waals surface area contributed by atoms with Crippen molar-refractivity contribution >= 4 is 70.1 Å². The van der Waals surface area contributed by atoms with E-state index in [9.17, 15) is 4.79 Å². The number of anilines is 1. The summed E-state index contributed by atoms with van der Waals surface area (Å²) in [7, 11) is 0. The second kappa shape index (κ2) is 5.67. The molecule has 0 radical (unpaired) electrons. The van der Waals surface area contributed by atoms with Crippen LogP contribution in [0.1, 0.15) is 15.4 Å². The molecule has 2 aromatic carbocycles. The first-order valence-electron chi connectivity index (χ1n) is 6.84.